The van der Waals surface area contributed by atoms with Gasteiger partial charge in [-0.3, -0.25) is 4.79 Å². The summed E-state index contributed by atoms with van der Waals surface area (Å²) in [6, 6.07) is 19.6. The predicted octanol–water partition coefficient (Wildman–Crippen LogP) is 4.12. The second-order valence-corrected chi connectivity index (χ2v) is 6.65. The second-order valence-electron chi connectivity index (χ2n) is 6.65. The number of hydrogen-bond donors (Lipinski definition) is 0. The van der Waals surface area contributed by atoms with Crippen LogP contribution in [0, 0.1) is 11.3 Å². The number of carbonyl (C=O) groups is 1. The van der Waals surface area contributed by atoms with Gasteiger partial charge in [-0.2, -0.15) is 5.26 Å². The molecule has 134 valence electrons. The molecule has 1 saturated heterocycles. The zero-order chi connectivity index (χ0) is 18.4. The molecule has 1 heterocycles. The van der Waals surface area contributed by atoms with Crippen LogP contribution in [-0.2, 0) is 4.79 Å². The van der Waals surface area contributed by atoms with E-state index < -0.39 is 0 Å². The van der Waals surface area contributed by atoms with E-state index in [1.165, 1.54) is 5.56 Å². The Morgan fingerprint density at radius 2 is 1.96 bits per heavy atom. The van der Waals surface area contributed by atoms with Crippen LogP contribution in [0.5, 0.6) is 5.75 Å². The summed E-state index contributed by atoms with van der Waals surface area (Å²) in [6.45, 7) is 3.02. The zero-order valence-electron chi connectivity index (χ0n) is 15.1. The average Bonchev–Trinajstić information content (AvgIpc) is 3.17. The number of nitrogens with zero attached hydrogens (tertiary/aromatic N) is 2. The molecule has 0 radical (unpaired) electrons. The van der Waals surface area contributed by atoms with E-state index in [0.717, 1.165) is 25.8 Å². The molecule has 2 aromatic rings. The van der Waals surface area contributed by atoms with Crippen LogP contribution >= 0.6 is 0 Å². The highest BCUT2D eigenvalue weighted by Crippen LogP contribution is 2.33. The Hall–Kier alpha value is -2.80. The van der Waals surface area contributed by atoms with Gasteiger partial charge in [0.1, 0.15) is 5.75 Å². The molecule has 1 fully saturated rings. The summed E-state index contributed by atoms with van der Waals surface area (Å²) < 4.78 is 5.65. The van der Waals surface area contributed by atoms with Crippen molar-refractivity contribution in [3.8, 4) is 11.8 Å². The van der Waals surface area contributed by atoms with Crippen molar-refractivity contribution in [3.05, 3.63) is 65.7 Å². The normalized spacial score (nSPS) is 17.5. The van der Waals surface area contributed by atoms with Crippen LogP contribution in [0.3, 0.4) is 0 Å². The van der Waals surface area contributed by atoms with E-state index >= 15 is 0 Å². The van der Waals surface area contributed by atoms with Gasteiger partial charge in [0, 0.05) is 18.5 Å². The minimum Gasteiger partial charge on any atom is -0.484 e. The molecule has 0 saturated carbocycles. The van der Waals surface area contributed by atoms with Crippen LogP contribution in [-0.4, -0.2) is 30.0 Å². The molecular weight excluding hydrogens is 324 g/mol. The van der Waals surface area contributed by atoms with Crippen molar-refractivity contribution >= 4 is 5.91 Å². The summed E-state index contributed by atoms with van der Waals surface area (Å²) in [7, 11) is 0. The lowest BCUT2D eigenvalue weighted by Gasteiger charge is -2.31. The van der Waals surface area contributed by atoms with Gasteiger partial charge in [-0.05, 0) is 49.1 Å². The lowest BCUT2D eigenvalue weighted by molar-refractivity contribution is -0.134. The second kappa shape index (κ2) is 8.53. The Morgan fingerprint density at radius 3 is 2.62 bits per heavy atom. The fourth-order valence-corrected chi connectivity index (χ4v) is 3.80. The molecule has 26 heavy (non-hydrogen) atoms. The van der Waals surface area contributed by atoms with Crippen LogP contribution in [0.15, 0.2) is 54.6 Å². The fraction of sp³-hybridized carbons (Fsp3) is 0.364. The molecule has 0 bridgehead atoms. The van der Waals surface area contributed by atoms with Gasteiger partial charge in [-0.25, -0.2) is 0 Å². The molecule has 0 aromatic heterocycles. The molecular formula is C22H24N2O2. The number of likely N-dealkylation sites (tertiary alicyclic amines) is 1. The van der Waals surface area contributed by atoms with Crippen molar-refractivity contribution < 1.29 is 9.53 Å². The monoisotopic (exact) mass is 348 g/mol. The molecule has 3 rings (SSSR count). The van der Waals surface area contributed by atoms with E-state index in [-0.39, 0.29) is 18.6 Å². The molecule has 2 atom stereocenters. The molecule has 0 N–H and O–H groups in total. The Morgan fingerprint density at radius 1 is 1.23 bits per heavy atom. The third-order valence-corrected chi connectivity index (χ3v) is 5.10. The Bertz CT molecular complexity index is 765. The first-order valence-corrected chi connectivity index (χ1v) is 9.20. The number of carbonyl (C=O) groups excluding carboxylic acids is 1. The highest BCUT2D eigenvalue weighted by atomic mass is 16.5. The van der Waals surface area contributed by atoms with Gasteiger partial charge in [0.15, 0.2) is 6.61 Å². The molecule has 0 aliphatic carbocycles. The molecule has 0 spiro atoms. The molecule has 0 unspecified atom stereocenters. The largest absolute Gasteiger partial charge is 0.484 e. The van der Waals surface area contributed by atoms with Crippen molar-refractivity contribution in [2.75, 3.05) is 13.2 Å². The third kappa shape index (κ3) is 4.05. The number of benzene rings is 2. The van der Waals surface area contributed by atoms with Crippen molar-refractivity contribution in [1.82, 2.24) is 4.90 Å². The van der Waals surface area contributed by atoms with Crippen molar-refractivity contribution in [2.24, 2.45) is 0 Å². The quantitative estimate of drug-likeness (QED) is 0.789. The fourth-order valence-electron chi connectivity index (χ4n) is 3.80. The maximum Gasteiger partial charge on any atom is 0.260 e. The SMILES string of the molecule is CC[C@@H](c1ccccc1)[C@@H]1CCCN1C(=O)COc1ccc(C#N)cc1. The summed E-state index contributed by atoms with van der Waals surface area (Å²) in [5.74, 6) is 1.01. The van der Waals surface area contributed by atoms with Crippen molar-refractivity contribution in [3.63, 3.8) is 0 Å². The molecule has 1 aliphatic heterocycles. The standard InChI is InChI=1S/C22H24N2O2/c1-2-20(18-7-4-3-5-8-18)21-9-6-14-24(21)22(25)16-26-19-12-10-17(15-23)11-13-19/h3-5,7-8,10-13,20-21H,2,6,9,14,16H2,1H3/t20-,21-/m0/s1. The summed E-state index contributed by atoms with van der Waals surface area (Å²) in [6.07, 6.45) is 3.08. The number of nitriles is 1. The molecule has 1 aliphatic rings. The molecule has 4 nitrogen and oxygen atoms in total. The van der Waals surface area contributed by atoms with Gasteiger partial charge >= 0.3 is 0 Å². The molecule has 1 amide bonds. The van der Waals surface area contributed by atoms with Gasteiger partial charge in [0.05, 0.1) is 11.6 Å². The number of ether oxygens (including phenoxy) is 1. The van der Waals surface area contributed by atoms with E-state index in [4.69, 9.17) is 10.00 Å². The highest BCUT2D eigenvalue weighted by Gasteiger charge is 2.34. The summed E-state index contributed by atoms with van der Waals surface area (Å²) in [4.78, 5) is 14.7. The molecule has 2 aromatic carbocycles. The first-order chi connectivity index (χ1) is 12.7. The summed E-state index contributed by atoms with van der Waals surface area (Å²) in [5.41, 5.74) is 1.88. The topological polar surface area (TPSA) is 53.3 Å². The van der Waals surface area contributed by atoms with E-state index in [1.807, 2.05) is 11.0 Å². The predicted molar refractivity (Wildman–Crippen MR) is 101 cm³/mol. The van der Waals surface area contributed by atoms with Gasteiger partial charge in [0.2, 0.25) is 0 Å². The lowest BCUT2D eigenvalue weighted by Crippen LogP contribution is -2.41. The van der Waals surface area contributed by atoms with Crippen molar-refractivity contribution in [1.29, 1.82) is 5.26 Å². The zero-order valence-corrected chi connectivity index (χ0v) is 15.1. The number of hydrogen-bond acceptors (Lipinski definition) is 3. The van der Waals surface area contributed by atoms with E-state index in [9.17, 15) is 4.79 Å². The maximum atomic E-state index is 12.8. The highest BCUT2D eigenvalue weighted by molar-refractivity contribution is 5.78. The van der Waals surface area contributed by atoms with E-state index in [0.29, 0.717) is 17.2 Å². The van der Waals surface area contributed by atoms with Crippen LogP contribution < -0.4 is 4.74 Å². The maximum absolute atomic E-state index is 12.8. The van der Waals surface area contributed by atoms with Gasteiger partial charge in [-0.1, -0.05) is 37.3 Å². The molecule has 4 heteroatoms. The van der Waals surface area contributed by atoms with Crippen molar-refractivity contribution in [2.45, 2.75) is 38.1 Å². The van der Waals surface area contributed by atoms with Crippen LogP contribution in [0.4, 0.5) is 0 Å². The summed E-state index contributed by atoms with van der Waals surface area (Å²) in [5, 5.41) is 8.84. The van der Waals surface area contributed by atoms with Crippen LogP contribution in [0.2, 0.25) is 0 Å². The third-order valence-electron chi connectivity index (χ3n) is 5.10. The number of amides is 1. The van der Waals surface area contributed by atoms with Crippen LogP contribution in [0.1, 0.15) is 43.2 Å². The minimum absolute atomic E-state index is 0.0336. The first kappa shape index (κ1) is 18.0. The van der Waals surface area contributed by atoms with E-state index in [2.05, 4.69) is 37.3 Å². The lowest BCUT2D eigenvalue weighted by atomic mass is 9.87. The summed E-state index contributed by atoms with van der Waals surface area (Å²) >= 11 is 0. The average molecular weight is 348 g/mol. The Kier molecular flexibility index (Phi) is 5.91. The van der Waals surface area contributed by atoms with Gasteiger partial charge in [0.25, 0.3) is 5.91 Å². The Labute approximate surface area is 155 Å². The van der Waals surface area contributed by atoms with Gasteiger partial charge in [-0.15, -0.1) is 0 Å². The first-order valence-electron chi connectivity index (χ1n) is 9.20. The van der Waals surface area contributed by atoms with Gasteiger partial charge < -0.3 is 9.64 Å². The smallest absolute Gasteiger partial charge is 0.260 e. The number of rotatable bonds is 6. The van der Waals surface area contributed by atoms with E-state index in [1.54, 1.807) is 24.3 Å². The van der Waals surface area contributed by atoms with Crippen LogP contribution in [0.25, 0.3) is 0 Å². The minimum atomic E-state index is 0.0336. The Balaban J connectivity index is 1.65.